The second kappa shape index (κ2) is 11.7. The van der Waals surface area contributed by atoms with Crippen LogP contribution in [0.3, 0.4) is 0 Å². The van der Waals surface area contributed by atoms with Gasteiger partial charge in [0.25, 0.3) is 0 Å². The summed E-state index contributed by atoms with van der Waals surface area (Å²) in [4.78, 5) is 24.8. The standard InChI is InChI=1S/C27H29N3O4S2.2H2/c1-20(31)28-17-16-25(23-10-6-3-7-11-23)29-26(32)27-30(18-19-35-27)36(33,34)24-14-12-22(13-15-24)21-8-4-2-5-9-21;;/h2-15,25,27H,16-19H2,1H3,(H,28,31)(H,29,32);2*1H. The van der Waals surface area contributed by atoms with E-state index in [1.165, 1.54) is 23.0 Å². The maximum absolute atomic E-state index is 13.5. The Kier molecular flexibility index (Phi) is 8.45. The molecule has 2 amide bonds. The number of nitrogens with zero attached hydrogens (tertiary/aromatic N) is 1. The molecule has 2 atom stereocenters. The molecule has 0 aromatic heterocycles. The van der Waals surface area contributed by atoms with Gasteiger partial charge in [0.1, 0.15) is 5.37 Å². The van der Waals surface area contributed by atoms with Gasteiger partial charge in [0.05, 0.1) is 10.9 Å². The predicted molar refractivity (Wildman–Crippen MR) is 147 cm³/mol. The molecule has 1 aliphatic rings. The average molecular weight is 528 g/mol. The molecule has 36 heavy (non-hydrogen) atoms. The summed E-state index contributed by atoms with van der Waals surface area (Å²) in [6.07, 6.45) is 0.487. The largest absolute Gasteiger partial charge is 0.356 e. The van der Waals surface area contributed by atoms with Crippen molar-refractivity contribution in [2.75, 3.05) is 18.8 Å². The number of carbonyl (C=O) groups is 2. The minimum Gasteiger partial charge on any atom is -0.356 e. The molecule has 1 saturated heterocycles. The molecule has 2 N–H and O–H groups in total. The van der Waals surface area contributed by atoms with E-state index in [1.54, 1.807) is 24.3 Å². The Morgan fingerprint density at radius 3 is 2.22 bits per heavy atom. The highest BCUT2D eigenvalue weighted by molar-refractivity contribution is 8.02. The van der Waals surface area contributed by atoms with Crippen LogP contribution in [0.5, 0.6) is 0 Å². The van der Waals surface area contributed by atoms with Crippen LogP contribution in [0.1, 0.15) is 27.8 Å². The molecule has 2 unspecified atom stereocenters. The van der Waals surface area contributed by atoms with Crippen molar-refractivity contribution >= 4 is 33.6 Å². The summed E-state index contributed by atoms with van der Waals surface area (Å²) in [5.74, 6) is 0.0232. The maximum Gasteiger partial charge on any atom is 0.249 e. The highest BCUT2D eigenvalue weighted by Crippen LogP contribution is 2.32. The van der Waals surface area contributed by atoms with Crippen LogP contribution in [0.2, 0.25) is 0 Å². The van der Waals surface area contributed by atoms with Crippen molar-refractivity contribution in [1.82, 2.24) is 14.9 Å². The summed E-state index contributed by atoms with van der Waals surface area (Å²) in [6.45, 7) is 2.09. The third-order valence-electron chi connectivity index (χ3n) is 5.97. The first-order valence-electron chi connectivity index (χ1n) is 11.7. The van der Waals surface area contributed by atoms with Crippen molar-refractivity contribution < 1.29 is 20.9 Å². The zero-order valence-electron chi connectivity index (χ0n) is 20.0. The van der Waals surface area contributed by atoms with Crippen LogP contribution in [-0.2, 0) is 19.6 Å². The van der Waals surface area contributed by atoms with E-state index in [0.717, 1.165) is 16.7 Å². The smallest absolute Gasteiger partial charge is 0.249 e. The van der Waals surface area contributed by atoms with Gasteiger partial charge in [0, 0.05) is 28.6 Å². The number of amides is 2. The normalized spacial score (nSPS) is 16.9. The highest BCUT2D eigenvalue weighted by Gasteiger charge is 2.40. The molecule has 0 aliphatic carbocycles. The molecule has 1 heterocycles. The van der Waals surface area contributed by atoms with E-state index < -0.39 is 15.4 Å². The highest BCUT2D eigenvalue weighted by atomic mass is 32.2. The van der Waals surface area contributed by atoms with Crippen LogP contribution in [0.4, 0.5) is 0 Å². The summed E-state index contributed by atoms with van der Waals surface area (Å²) in [6, 6.07) is 25.6. The zero-order chi connectivity index (χ0) is 25.5. The number of thioether (sulfide) groups is 1. The topological polar surface area (TPSA) is 95.6 Å². The van der Waals surface area contributed by atoms with Gasteiger partial charge in [-0.3, -0.25) is 9.59 Å². The van der Waals surface area contributed by atoms with Gasteiger partial charge in [0.15, 0.2) is 0 Å². The lowest BCUT2D eigenvalue weighted by atomic mass is 10.0. The molecular formula is C27H33N3O4S2. The fraction of sp³-hybridized carbons (Fsp3) is 0.259. The summed E-state index contributed by atoms with van der Waals surface area (Å²) in [5.41, 5.74) is 2.82. The minimum atomic E-state index is -3.87. The van der Waals surface area contributed by atoms with Crippen LogP contribution < -0.4 is 10.6 Å². The first kappa shape index (κ1) is 25.9. The fourth-order valence-corrected chi connectivity index (χ4v) is 7.22. The molecule has 1 aliphatic heterocycles. The molecular weight excluding hydrogens is 494 g/mol. The molecule has 7 nitrogen and oxygen atoms in total. The van der Waals surface area contributed by atoms with Crippen molar-refractivity contribution in [3.63, 3.8) is 0 Å². The van der Waals surface area contributed by atoms with Crippen LogP contribution >= 0.6 is 11.8 Å². The van der Waals surface area contributed by atoms with E-state index in [9.17, 15) is 18.0 Å². The lowest BCUT2D eigenvalue weighted by Crippen LogP contribution is -2.46. The van der Waals surface area contributed by atoms with Gasteiger partial charge in [-0.15, -0.1) is 11.8 Å². The number of sulfonamides is 1. The Morgan fingerprint density at radius 2 is 1.58 bits per heavy atom. The Balaban J connectivity index is 0.00000253. The molecule has 0 spiro atoms. The molecule has 3 aromatic rings. The molecule has 0 saturated carbocycles. The third kappa shape index (κ3) is 6.16. The Labute approximate surface area is 219 Å². The van der Waals surface area contributed by atoms with Crippen LogP contribution in [-0.4, -0.2) is 48.8 Å². The predicted octanol–water partition coefficient (Wildman–Crippen LogP) is 4.29. The SMILES string of the molecule is CC(=O)NCCC(NC(=O)C1SCCN1S(=O)(=O)c1ccc(-c2ccccc2)cc1)c1ccccc1.[HH].[HH]. The van der Waals surface area contributed by atoms with Gasteiger partial charge >= 0.3 is 0 Å². The Morgan fingerprint density at radius 1 is 0.972 bits per heavy atom. The first-order valence-corrected chi connectivity index (χ1v) is 14.2. The third-order valence-corrected chi connectivity index (χ3v) is 9.18. The number of hydrogen-bond acceptors (Lipinski definition) is 5. The van der Waals surface area contributed by atoms with Crippen LogP contribution in [0, 0.1) is 0 Å². The molecule has 0 radical (unpaired) electrons. The van der Waals surface area contributed by atoms with Gasteiger partial charge < -0.3 is 10.6 Å². The number of rotatable bonds is 9. The van der Waals surface area contributed by atoms with Crippen LogP contribution in [0.25, 0.3) is 11.1 Å². The minimum absolute atomic E-state index is 0. The quantitative estimate of drug-likeness (QED) is 0.433. The van der Waals surface area contributed by atoms with Gasteiger partial charge in [-0.05, 0) is 35.2 Å². The molecule has 4 rings (SSSR count). The maximum atomic E-state index is 13.5. The van der Waals surface area contributed by atoms with Crippen LogP contribution in [0.15, 0.2) is 89.8 Å². The Bertz CT molecular complexity index is 1290. The monoisotopic (exact) mass is 527 g/mol. The van der Waals surface area contributed by atoms with Crippen molar-refractivity contribution in [2.24, 2.45) is 0 Å². The van der Waals surface area contributed by atoms with Gasteiger partial charge in [-0.25, -0.2) is 8.42 Å². The van der Waals surface area contributed by atoms with Crippen molar-refractivity contribution in [2.45, 2.75) is 29.7 Å². The van der Waals surface area contributed by atoms with E-state index >= 15 is 0 Å². The number of nitrogens with one attached hydrogen (secondary N) is 2. The second-order valence-electron chi connectivity index (χ2n) is 8.47. The van der Waals surface area contributed by atoms with E-state index in [2.05, 4.69) is 10.6 Å². The number of hydrogen-bond donors (Lipinski definition) is 2. The first-order chi connectivity index (χ1) is 17.4. The molecule has 1 fully saturated rings. The number of benzene rings is 3. The molecule has 0 bridgehead atoms. The number of carbonyl (C=O) groups excluding carboxylic acids is 2. The van der Waals surface area contributed by atoms with Crippen molar-refractivity contribution in [3.8, 4) is 11.1 Å². The van der Waals surface area contributed by atoms with Gasteiger partial charge in [-0.1, -0.05) is 72.8 Å². The Hall–Kier alpha value is -3.14. The van der Waals surface area contributed by atoms with E-state index in [1.807, 2.05) is 60.7 Å². The zero-order valence-corrected chi connectivity index (χ0v) is 21.6. The lowest BCUT2D eigenvalue weighted by molar-refractivity contribution is -0.122. The van der Waals surface area contributed by atoms with Gasteiger partial charge in [-0.2, -0.15) is 4.31 Å². The summed E-state index contributed by atoms with van der Waals surface area (Å²) in [7, 11) is -3.87. The summed E-state index contributed by atoms with van der Waals surface area (Å²) < 4.78 is 28.2. The van der Waals surface area contributed by atoms with Crippen molar-refractivity contribution in [1.29, 1.82) is 0 Å². The average Bonchev–Trinajstić information content (AvgIpc) is 3.40. The lowest BCUT2D eigenvalue weighted by Gasteiger charge is -2.26. The fourth-order valence-electron chi connectivity index (χ4n) is 4.14. The molecule has 3 aromatic carbocycles. The summed E-state index contributed by atoms with van der Waals surface area (Å²) >= 11 is 1.31. The molecule has 192 valence electrons. The van der Waals surface area contributed by atoms with E-state index in [-0.39, 0.29) is 32.1 Å². The van der Waals surface area contributed by atoms with Crippen molar-refractivity contribution in [3.05, 3.63) is 90.5 Å². The summed E-state index contributed by atoms with van der Waals surface area (Å²) in [5, 5.41) is 4.91. The van der Waals surface area contributed by atoms with E-state index in [4.69, 9.17) is 0 Å². The van der Waals surface area contributed by atoms with Gasteiger partial charge in [0.2, 0.25) is 21.8 Å². The second-order valence-corrected chi connectivity index (χ2v) is 11.6. The van der Waals surface area contributed by atoms with E-state index in [0.29, 0.717) is 18.7 Å². The molecule has 9 heteroatoms.